The van der Waals surface area contributed by atoms with E-state index in [1.807, 2.05) is 7.05 Å². The number of carbonyl (C=O) groups is 1. The lowest BCUT2D eigenvalue weighted by molar-refractivity contribution is 0.0937. The van der Waals surface area contributed by atoms with Crippen molar-refractivity contribution in [2.75, 3.05) is 13.2 Å². The summed E-state index contributed by atoms with van der Waals surface area (Å²) in [4.78, 5) is 15.9. The van der Waals surface area contributed by atoms with Crippen LogP contribution >= 0.6 is 15.9 Å². The molecule has 2 N–H and O–H groups in total. The fourth-order valence-electron chi connectivity index (χ4n) is 1.69. The normalized spacial score (nSPS) is 10.8. The van der Waals surface area contributed by atoms with E-state index in [2.05, 4.69) is 26.2 Å². The van der Waals surface area contributed by atoms with E-state index < -0.39 is 0 Å². The van der Waals surface area contributed by atoms with E-state index in [0.717, 1.165) is 15.4 Å². The Labute approximate surface area is 107 Å². The molecule has 0 fully saturated rings. The van der Waals surface area contributed by atoms with E-state index in [1.54, 1.807) is 23.0 Å². The summed E-state index contributed by atoms with van der Waals surface area (Å²) in [5.74, 6) is -0.204. The summed E-state index contributed by atoms with van der Waals surface area (Å²) < 4.78 is 2.63. The summed E-state index contributed by atoms with van der Waals surface area (Å²) in [6, 6.07) is 1.80. The minimum atomic E-state index is -0.204. The van der Waals surface area contributed by atoms with Crippen molar-refractivity contribution in [3.63, 3.8) is 0 Å². The summed E-state index contributed by atoms with van der Waals surface area (Å²) in [7, 11) is 1.81. The quantitative estimate of drug-likeness (QED) is 0.890. The van der Waals surface area contributed by atoms with E-state index in [-0.39, 0.29) is 19.1 Å². The molecule has 17 heavy (non-hydrogen) atoms. The number of fused-ring (bicyclic) bond motifs is 1. The largest absolute Gasteiger partial charge is 0.395 e. The lowest BCUT2D eigenvalue weighted by atomic mass is 10.3. The number of aromatic nitrogens is 2. The number of hydrogen-bond donors (Lipinski definition) is 2. The Morgan fingerprint density at radius 2 is 2.35 bits per heavy atom. The fraction of sp³-hybridized carbons (Fsp3) is 0.273. The Morgan fingerprint density at radius 1 is 1.59 bits per heavy atom. The molecule has 0 aliphatic heterocycles. The molecule has 0 saturated heterocycles. The van der Waals surface area contributed by atoms with Crippen LogP contribution in [0.25, 0.3) is 10.9 Å². The van der Waals surface area contributed by atoms with Crippen molar-refractivity contribution in [1.29, 1.82) is 0 Å². The summed E-state index contributed by atoms with van der Waals surface area (Å²) in [6.45, 7) is 0.181. The molecule has 0 bridgehead atoms. The molecule has 2 rings (SSSR count). The number of nitrogens with zero attached hydrogens (tertiary/aromatic N) is 2. The van der Waals surface area contributed by atoms with Gasteiger partial charge in [-0.15, -0.1) is 0 Å². The molecule has 5 nitrogen and oxygen atoms in total. The summed E-state index contributed by atoms with van der Waals surface area (Å²) in [5.41, 5.74) is 1.43. The molecule has 0 saturated carbocycles. The Hall–Kier alpha value is -1.40. The predicted octanol–water partition coefficient (Wildman–Crippen LogP) is 1.06. The van der Waals surface area contributed by atoms with Gasteiger partial charge in [0.15, 0.2) is 0 Å². The van der Waals surface area contributed by atoms with Gasteiger partial charge >= 0.3 is 0 Å². The van der Waals surface area contributed by atoms with Gasteiger partial charge in [0, 0.05) is 29.6 Å². The Morgan fingerprint density at radius 3 is 3.00 bits per heavy atom. The van der Waals surface area contributed by atoms with Gasteiger partial charge in [0.25, 0.3) is 5.91 Å². The van der Waals surface area contributed by atoms with Crippen LogP contribution in [0.15, 0.2) is 22.9 Å². The van der Waals surface area contributed by atoms with Gasteiger partial charge in [-0.3, -0.25) is 9.78 Å². The second-order valence-electron chi connectivity index (χ2n) is 3.62. The van der Waals surface area contributed by atoms with Crippen LogP contribution in [0.2, 0.25) is 0 Å². The van der Waals surface area contributed by atoms with E-state index in [0.29, 0.717) is 5.69 Å². The van der Waals surface area contributed by atoms with Crippen LogP contribution in [0.4, 0.5) is 0 Å². The number of pyridine rings is 1. The minimum absolute atomic E-state index is 0.0685. The molecule has 2 heterocycles. The molecule has 90 valence electrons. The van der Waals surface area contributed by atoms with Crippen molar-refractivity contribution >= 4 is 32.7 Å². The number of rotatable bonds is 3. The summed E-state index contributed by atoms with van der Waals surface area (Å²) >= 11 is 3.40. The molecule has 0 atom stereocenters. The minimum Gasteiger partial charge on any atom is -0.395 e. The molecule has 6 heteroatoms. The number of nitrogens with one attached hydrogen (secondary N) is 1. The van der Waals surface area contributed by atoms with Gasteiger partial charge < -0.3 is 15.0 Å². The van der Waals surface area contributed by atoms with Crippen molar-refractivity contribution in [2.45, 2.75) is 0 Å². The zero-order chi connectivity index (χ0) is 12.4. The predicted molar refractivity (Wildman–Crippen MR) is 67.8 cm³/mol. The molecule has 2 aromatic heterocycles. The first-order valence-electron chi connectivity index (χ1n) is 5.13. The third kappa shape index (κ3) is 2.18. The number of aliphatic hydroxyl groups excluding tert-OH is 1. The lowest BCUT2D eigenvalue weighted by Gasteiger charge is -2.04. The molecule has 1 amide bonds. The Bertz CT molecular complexity index is 565. The van der Waals surface area contributed by atoms with Gasteiger partial charge in [-0.25, -0.2) is 0 Å². The second kappa shape index (κ2) is 4.85. The average Bonchev–Trinajstić information content (AvgIpc) is 2.66. The highest BCUT2D eigenvalue weighted by molar-refractivity contribution is 9.10. The average molecular weight is 298 g/mol. The van der Waals surface area contributed by atoms with Crippen LogP contribution in [0.5, 0.6) is 0 Å². The second-order valence-corrected chi connectivity index (χ2v) is 4.48. The molecule has 0 aromatic carbocycles. The number of hydrogen-bond acceptors (Lipinski definition) is 3. The molecular formula is C11H12BrN3O2. The van der Waals surface area contributed by atoms with Crippen LogP contribution in [-0.4, -0.2) is 33.7 Å². The number of amides is 1. The topological polar surface area (TPSA) is 67.2 Å². The zero-order valence-electron chi connectivity index (χ0n) is 9.27. The first-order valence-corrected chi connectivity index (χ1v) is 5.92. The number of aliphatic hydroxyl groups is 1. The van der Waals surface area contributed by atoms with Crippen molar-refractivity contribution in [3.05, 3.63) is 28.6 Å². The van der Waals surface area contributed by atoms with Crippen molar-refractivity contribution in [2.24, 2.45) is 7.05 Å². The maximum Gasteiger partial charge on any atom is 0.268 e. The van der Waals surface area contributed by atoms with Crippen LogP contribution in [0.1, 0.15) is 10.5 Å². The summed E-state index contributed by atoms with van der Waals surface area (Å²) in [5, 5.41) is 12.2. The Balaban J connectivity index is 2.45. The van der Waals surface area contributed by atoms with Gasteiger partial charge in [-0.05, 0) is 22.0 Å². The first kappa shape index (κ1) is 12.1. The van der Waals surface area contributed by atoms with Crippen LogP contribution in [0, 0.1) is 0 Å². The van der Waals surface area contributed by atoms with Crippen molar-refractivity contribution in [1.82, 2.24) is 14.9 Å². The van der Waals surface area contributed by atoms with Crippen LogP contribution in [0.3, 0.4) is 0 Å². The molecule has 2 aromatic rings. The molecule has 0 unspecified atom stereocenters. The molecular weight excluding hydrogens is 286 g/mol. The van der Waals surface area contributed by atoms with Crippen LogP contribution < -0.4 is 5.32 Å². The Kier molecular flexibility index (Phi) is 3.44. The van der Waals surface area contributed by atoms with Crippen molar-refractivity contribution in [3.8, 4) is 0 Å². The van der Waals surface area contributed by atoms with Crippen molar-refractivity contribution < 1.29 is 9.90 Å². The number of halogens is 1. The van der Waals surface area contributed by atoms with E-state index in [9.17, 15) is 4.79 Å². The first-order chi connectivity index (χ1) is 8.15. The van der Waals surface area contributed by atoms with E-state index in [1.165, 1.54) is 0 Å². The van der Waals surface area contributed by atoms with Gasteiger partial charge in [-0.2, -0.15) is 0 Å². The zero-order valence-corrected chi connectivity index (χ0v) is 10.9. The SMILES string of the molecule is Cn1c(C(=O)NCCO)cc2c(Br)cncc21. The molecule has 0 spiro atoms. The highest BCUT2D eigenvalue weighted by atomic mass is 79.9. The highest BCUT2D eigenvalue weighted by Gasteiger charge is 2.14. The maximum atomic E-state index is 11.8. The maximum absolute atomic E-state index is 11.8. The monoisotopic (exact) mass is 297 g/mol. The molecule has 0 aliphatic rings. The highest BCUT2D eigenvalue weighted by Crippen LogP contribution is 2.25. The van der Waals surface area contributed by atoms with E-state index in [4.69, 9.17) is 5.11 Å². The number of aryl methyl sites for hydroxylation is 1. The third-order valence-electron chi connectivity index (χ3n) is 2.55. The van der Waals surface area contributed by atoms with Gasteiger partial charge in [0.2, 0.25) is 0 Å². The fourth-order valence-corrected chi connectivity index (χ4v) is 2.12. The standard InChI is InChI=1S/C11H12BrN3O2/c1-15-9(11(17)14-2-3-16)4-7-8(12)5-13-6-10(7)15/h4-6,16H,2-3H2,1H3,(H,14,17). The number of carbonyl (C=O) groups excluding carboxylic acids is 1. The molecule has 0 aliphatic carbocycles. The third-order valence-corrected chi connectivity index (χ3v) is 3.18. The smallest absolute Gasteiger partial charge is 0.268 e. The van der Waals surface area contributed by atoms with Gasteiger partial charge in [-0.1, -0.05) is 0 Å². The van der Waals surface area contributed by atoms with Gasteiger partial charge in [0.05, 0.1) is 18.3 Å². The lowest BCUT2D eigenvalue weighted by Crippen LogP contribution is -2.27. The van der Waals surface area contributed by atoms with Crippen LogP contribution in [-0.2, 0) is 7.05 Å². The summed E-state index contributed by atoms with van der Waals surface area (Å²) in [6.07, 6.45) is 3.40. The van der Waals surface area contributed by atoms with E-state index >= 15 is 0 Å². The molecule has 0 radical (unpaired) electrons. The van der Waals surface area contributed by atoms with Gasteiger partial charge in [0.1, 0.15) is 5.69 Å².